The van der Waals surface area contributed by atoms with Gasteiger partial charge in [0.1, 0.15) is 0 Å². The van der Waals surface area contributed by atoms with E-state index >= 15 is 0 Å². The van der Waals surface area contributed by atoms with Crippen molar-refractivity contribution in [3.8, 4) is 0 Å². The lowest BCUT2D eigenvalue weighted by Crippen LogP contribution is -2.03. The molecule has 0 unspecified atom stereocenters. The molecule has 0 aromatic carbocycles. The van der Waals surface area contributed by atoms with Crippen LogP contribution in [0.2, 0.25) is 5.02 Å². The molecule has 2 aromatic heterocycles. The summed E-state index contributed by atoms with van der Waals surface area (Å²) in [6.45, 7) is 2.39. The minimum atomic E-state index is -0.461. The number of rotatable bonds is 3. The standard InChI is InChI=1S/C12H11ClFN3/c1-8-2-3-9(5-15-8)6-16-12-11(14)4-10(13)7-17-12/h2-5,7H,6H2,1H3,(H,16,17). The molecule has 0 spiro atoms. The molecule has 0 amide bonds. The first-order valence-electron chi connectivity index (χ1n) is 5.11. The van der Waals surface area contributed by atoms with Crippen molar-refractivity contribution in [3.05, 3.63) is 52.7 Å². The molecule has 0 atom stereocenters. The fourth-order valence-electron chi connectivity index (χ4n) is 1.33. The summed E-state index contributed by atoms with van der Waals surface area (Å²) in [5, 5.41) is 3.17. The molecule has 1 N–H and O–H groups in total. The van der Waals surface area contributed by atoms with Gasteiger partial charge in [0, 0.05) is 24.6 Å². The highest BCUT2D eigenvalue weighted by Crippen LogP contribution is 2.16. The minimum Gasteiger partial charge on any atom is -0.364 e. The molecule has 5 heteroatoms. The van der Waals surface area contributed by atoms with Crippen LogP contribution in [0.1, 0.15) is 11.3 Å². The zero-order valence-corrected chi connectivity index (χ0v) is 10.0. The van der Waals surface area contributed by atoms with Crippen molar-refractivity contribution >= 4 is 17.4 Å². The van der Waals surface area contributed by atoms with Gasteiger partial charge in [-0.25, -0.2) is 9.37 Å². The van der Waals surface area contributed by atoms with Crippen LogP contribution >= 0.6 is 11.6 Å². The molecule has 0 bridgehead atoms. The molecule has 0 aliphatic heterocycles. The lowest BCUT2D eigenvalue weighted by atomic mass is 10.2. The van der Waals surface area contributed by atoms with Crippen molar-refractivity contribution < 1.29 is 4.39 Å². The van der Waals surface area contributed by atoms with E-state index in [0.29, 0.717) is 6.54 Å². The lowest BCUT2D eigenvalue weighted by molar-refractivity contribution is 0.624. The van der Waals surface area contributed by atoms with Crippen molar-refractivity contribution in [1.29, 1.82) is 0 Å². The van der Waals surface area contributed by atoms with E-state index in [-0.39, 0.29) is 10.8 Å². The van der Waals surface area contributed by atoms with Gasteiger partial charge < -0.3 is 5.32 Å². The summed E-state index contributed by atoms with van der Waals surface area (Å²) in [6.07, 6.45) is 3.15. The first kappa shape index (κ1) is 11.8. The summed E-state index contributed by atoms with van der Waals surface area (Å²) in [6, 6.07) is 5.07. The van der Waals surface area contributed by atoms with Crippen LogP contribution < -0.4 is 5.32 Å². The Morgan fingerprint density at radius 2 is 2.12 bits per heavy atom. The largest absolute Gasteiger partial charge is 0.364 e. The second-order valence-corrected chi connectivity index (χ2v) is 4.08. The van der Waals surface area contributed by atoms with E-state index in [1.54, 1.807) is 6.20 Å². The Labute approximate surface area is 104 Å². The third-order valence-electron chi connectivity index (χ3n) is 2.24. The maximum Gasteiger partial charge on any atom is 0.166 e. The molecule has 88 valence electrons. The number of aromatic nitrogens is 2. The quantitative estimate of drug-likeness (QED) is 0.910. The molecular weight excluding hydrogens is 241 g/mol. The minimum absolute atomic E-state index is 0.190. The van der Waals surface area contributed by atoms with E-state index in [4.69, 9.17) is 11.6 Å². The van der Waals surface area contributed by atoms with E-state index in [1.807, 2.05) is 19.1 Å². The number of aryl methyl sites for hydroxylation is 1. The van der Waals surface area contributed by atoms with Crippen LogP contribution in [0.15, 0.2) is 30.6 Å². The Morgan fingerprint density at radius 3 is 2.76 bits per heavy atom. The number of halogens is 2. The number of nitrogens with one attached hydrogen (secondary N) is 1. The summed E-state index contributed by atoms with van der Waals surface area (Å²) >= 11 is 5.61. The van der Waals surface area contributed by atoms with Crippen LogP contribution in [0.4, 0.5) is 10.2 Å². The lowest BCUT2D eigenvalue weighted by Gasteiger charge is -2.06. The van der Waals surface area contributed by atoms with Gasteiger partial charge in [0.15, 0.2) is 11.6 Å². The molecule has 2 heterocycles. The van der Waals surface area contributed by atoms with E-state index in [2.05, 4.69) is 15.3 Å². The van der Waals surface area contributed by atoms with E-state index in [0.717, 1.165) is 11.3 Å². The van der Waals surface area contributed by atoms with Crippen molar-refractivity contribution in [2.75, 3.05) is 5.32 Å². The molecule has 17 heavy (non-hydrogen) atoms. The van der Waals surface area contributed by atoms with Gasteiger partial charge in [-0.15, -0.1) is 0 Å². The number of hydrogen-bond acceptors (Lipinski definition) is 3. The molecule has 0 fully saturated rings. The molecule has 0 radical (unpaired) electrons. The van der Waals surface area contributed by atoms with Gasteiger partial charge in [-0.1, -0.05) is 17.7 Å². The monoisotopic (exact) mass is 251 g/mol. The summed E-state index contributed by atoms with van der Waals surface area (Å²) in [7, 11) is 0. The maximum absolute atomic E-state index is 13.4. The number of nitrogens with zero attached hydrogens (tertiary/aromatic N) is 2. The zero-order valence-electron chi connectivity index (χ0n) is 9.24. The van der Waals surface area contributed by atoms with E-state index in [9.17, 15) is 4.39 Å². The van der Waals surface area contributed by atoms with Crippen LogP contribution in [0.5, 0.6) is 0 Å². The Morgan fingerprint density at radius 1 is 1.29 bits per heavy atom. The second-order valence-electron chi connectivity index (χ2n) is 3.65. The van der Waals surface area contributed by atoms with E-state index in [1.165, 1.54) is 12.3 Å². The first-order chi connectivity index (χ1) is 8.15. The van der Waals surface area contributed by atoms with Gasteiger partial charge in [-0.2, -0.15) is 0 Å². The highest BCUT2D eigenvalue weighted by molar-refractivity contribution is 6.30. The molecule has 3 nitrogen and oxygen atoms in total. The SMILES string of the molecule is Cc1ccc(CNc2ncc(Cl)cc2F)cn1. The van der Waals surface area contributed by atoms with Crippen molar-refractivity contribution in [1.82, 2.24) is 9.97 Å². The summed E-state index contributed by atoms with van der Waals surface area (Å²) in [5.74, 6) is -0.271. The topological polar surface area (TPSA) is 37.8 Å². The van der Waals surface area contributed by atoms with Crippen LogP contribution in [0.3, 0.4) is 0 Å². The molecule has 0 saturated carbocycles. The Bertz CT molecular complexity index is 514. The van der Waals surface area contributed by atoms with Crippen molar-refractivity contribution in [2.45, 2.75) is 13.5 Å². The maximum atomic E-state index is 13.4. The molecular formula is C12H11ClFN3. The molecule has 0 aliphatic carbocycles. The Kier molecular flexibility index (Phi) is 3.54. The van der Waals surface area contributed by atoms with Gasteiger partial charge in [-0.05, 0) is 24.6 Å². The van der Waals surface area contributed by atoms with Crippen LogP contribution in [-0.2, 0) is 6.54 Å². The van der Waals surface area contributed by atoms with Crippen LogP contribution in [0.25, 0.3) is 0 Å². The summed E-state index contributed by atoms with van der Waals surface area (Å²) in [4.78, 5) is 8.02. The Hall–Kier alpha value is -1.68. The normalized spacial score (nSPS) is 10.3. The third-order valence-corrected chi connectivity index (χ3v) is 2.45. The van der Waals surface area contributed by atoms with Crippen molar-refractivity contribution in [3.63, 3.8) is 0 Å². The van der Waals surface area contributed by atoms with Crippen LogP contribution in [-0.4, -0.2) is 9.97 Å². The third kappa shape index (κ3) is 3.14. The molecule has 0 aliphatic rings. The average molecular weight is 252 g/mol. The number of pyridine rings is 2. The van der Waals surface area contributed by atoms with Gasteiger partial charge in [-0.3, -0.25) is 4.98 Å². The van der Waals surface area contributed by atoms with Crippen LogP contribution in [0, 0.1) is 12.7 Å². The predicted molar refractivity (Wildman–Crippen MR) is 65.5 cm³/mol. The van der Waals surface area contributed by atoms with Gasteiger partial charge in [0.25, 0.3) is 0 Å². The smallest absolute Gasteiger partial charge is 0.166 e. The van der Waals surface area contributed by atoms with E-state index < -0.39 is 5.82 Å². The molecule has 2 aromatic rings. The summed E-state index contributed by atoms with van der Waals surface area (Å²) in [5.41, 5.74) is 1.91. The van der Waals surface area contributed by atoms with Crippen molar-refractivity contribution in [2.24, 2.45) is 0 Å². The fraction of sp³-hybridized carbons (Fsp3) is 0.167. The Balaban J connectivity index is 2.04. The second kappa shape index (κ2) is 5.10. The van der Waals surface area contributed by atoms with Gasteiger partial charge in [0.05, 0.1) is 5.02 Å². The molecule has 0 saturated heterocycles. The summed E-state index contributed by atoms with van der Waals surface area (Å²) < 4.78 is 13.4. The predicted octanol–water partition coefficient (Wildman–Crippen LogP) is 3.19. The highest BCUT2D eigenvalue weighted by atomic mass is 35.5. The highest BCUT2D eigenvalue weighted by Gasteiger charge is 2.04. The molecule has 2 rings (SSSR count). The van der Waals surface area contributed by atoms with Gasteiger partial charge >= 0.3 is 0 Å². The fourth-order valence-corrected chi connectivity index (χ4v) is 1.48. The van der Waals surface area contributed by atoms with Gasteiger partial charge in [0.2, 0.25) is 0 Å². The average Bonchev–Trinajstić information content (AvgIpc) is 2.30. The number of hydrogen-bond donors (Lipinski definition) is 1. The first-order valence-corrected chi connectivity index (χ1v) is 5.49. The zero-order chi connectivity index (χ0) is 12.3. The number of anilines is 1.